The van der Waals surface area contributed by atoms with E-state index in [1.165, 1.54) is 76.4 Å². The first-order valence-corrected chi connectivity index (χ1v) is 25.3. The summed E-state index contributed by atoms with van der Waals surface area (Å²) in [4.78, 5) is 9.76. The Hall–Kier alpha value is -5.43. The number of aromatic nitrogens is 2. The van der Waals surface area contributed by atoms with E-state index in [0.29, 0.717) is 0 Å². The Morgan fingerprint density at radius 2 is 0.846 bits per heavy atom. The van der Waals surface area contributed by atoms with Gasteiger partial charge in [0, 0.05) is 11.8 Å². The minimum Gasteiger partial charge on any atom is -0.255 e. The van der Waals surface area contributed by atoms with Crippen LogP contribution in [-0.4, -0.2) is 26.1 Å². The van der Waals surface area contributed by atoms with E-state index in [9.17, 15) is 0 Å². The normalized spacial score (nSPS) is 12.4. The van der Waals surface area contributed by atoms with Gasteiger partial charge in [-0.25, -0.2) is 4.98 Å². The number of fused-ring (bicyclic) bond motifs is 4. The molecule has 0 bridgehead atoms. The van der Waals surface area contributed by atoms with Gasteiger partial charge in [-0.05, 0) is 90.3 Å². The minimum absolute atomic E-state index is 0.879. The lowest BCUT2D eigenvalue weighted by Crippen LogP contribution is -2.37. The van der Waals surface area contributed by atoms with Crippen molar-refractivity contribution in [1.82, 2.24) is 9.97 Å². The lowest BCUT2D eigenvalue weighted by atomic mass is 9.82. The Labute approximate surface area is 308 Å². The standard InChI is InChI=1S/C48H42N2Si2/c1-51(2,3)33-24-20-31(21-25-33)44-37-13-7-8-14-38(37)45(32-22-26-34(27-23-32)52(4,5)6)48-40-29-28-35(36-15-11-16-39(46(36)40)47(44)48)41-18-12-19-43(50-41)42-17-9-10-30-49-42/h7-30H,1-6H3. The van der Waals surface area contributed by atoms with Gasteiger partial charge in [-0.15, -0.1) is 0 Å². The van der Waals surface area contributed by atoms with Crippen molar-refractivity contribution < 1.29 is 0 Å². The highest BCUT2D eigenvalue weighted by atomic mass is 28.3. The van der Waals surface area contributed by atoms with Crippen LogP contribution in [-0.2, 0) is 0 Å². The molecule has 0 saturated heterocycles. The molecule has 1 aliphatic carbocycles. The molecular weight excluding hydrogens is 661 g/mol. The third-order valence-electron chi connectivity index (χ3n) is 10.8. The summed E-state index contributed by atoms with van der Waals surface area (Å²) in [6.45, 7) is 14.5. The molecular formula is C48H42N2Si2. The van der Waals surface area contributed by atoms with E-state index < -0.39 is 16.1 Å². The van der Waals surface area contributed by atoms with Crippen LogP contribution in [0.1, 0.15) is 0 Å². The van der Waals surface area contributed by atoms with Crippen molar-refractivity contribution in [2.45, 2.75) is 39.3 Å². The average molecular weight is 703 g/mol. The zero-order valence-corrected chi connectivity index (χ0v) is 32.8. The van der Waals surface area contributed by atoms with Crippen LogP contribution in [0.2, 0.25) is 39.3 Å². The van der Waals surface area contributed by atoms with E-state index in [1.54, 1.807) is 0 Å². The second kappa shape index (κ2) is 12.1. The van der Waals surface area contributed by atoms with Crippen LogP contribution < -0.4 is 10.4 Å². The number of pyridine rings is 2. The van der Waals surface area contributed by atoms with Crippen LogP contribution >= 0.6 is 0 Å². The number of hydrogen-bond donors (Lipinski definition) is 0. The maximum Gasteiger partial charge on any atom is 0.0893 e. The second-order valence-electron chi connectivity index (χ2n) is 16.2. The molecule has 8 aromatic rings. The quantitative estimate of drug-likeness (QED) is 0.161. The highest BCUT2D eigenvalue weighted by molar-refractivity contribution is 6.89. The van der Waals surface area contributed by atoms with Gasteiger partial charge in [-0.1, -0.05) is 165 Å². The summed E-state index contributed by atoms with van der Waals surface area (Å²) in [5.74, 6) is 0. The van der Waals surface area contributed by atoms with E-state index in [4.69, 9.17) is 4.98 Å². The fourth-order valence-electron chi connectivity index (χ4n) is 8.14. The minimum atomic E-state index is -1.47. The molecule has 0 saturated carbocycles. The third-order valence-corrected chi connectivity index (χ3v) is 15.0. The molecule has 2 nitrogen and oxygen atoms in total. The molecule has 2 aromatic heterocycles. The number of nitrogens with zero attached hydrogens (tertiary/aromatic N) is 2. The number of benzene rings is 6. The van der Waals surface area contributed by atoms with E-state index in [2.05, 4.69) is 160 Å². The molecule has 0 radical (unpaired) electrons. The molecule has 0 aliphatic heterocycles. The number of rotatable bonds is 6. The summed E-state index contributed by atoms with van der Waals surface area (Å²) in [5.41, 5.74) is 14.3. The molecule has 0 unspecified atom stereocenters. The van der Waals surface area contributed by atoms with E-state index in [-0.39, 0.29) is 0 Å². The summed E-state index contributed by atoms with van der Waals surface area (Å²) < 4.78 is 0. The van der Waals surface area contributed by atoms with Crippen LogP contribution in [0.15, 0.2) is 146 Å². The highest BCUT2D eigenvalue weighted by Gasteiger charge is 2.32. The lowest BCUT2D eigenvalue weighted by molar-refractivity contribution is 1.25. The molecule has 9 rings (SSSR count). The Morgan fingerprint density at radius 3 is 1.40 bits per heavy atom. The molecule has 0 atom stereocenters. The second-order valence-corrected chi connectivity index (χ2v) is 26.4. The van der Waals surface area contributed by atoms with Gasteiger partial charge in [-0.3, -0.25) is 4.98 Å². The third kappa shape index (κ3) is 5.28. The summed E-state index contributed by atoms with van der Waals surface area (Å²) in [6, 6.07) is 51.9. The zero-order valence-electron chi connectivity index (χ0n) is 30.8. The lowest BCUT2D eigenvalue weighted by Gasteiger charge is -2.22. The van der Waals surface area contributed by atoms with Gasteiger partial charge in [-0.2, -0.15) is 0 Å². The van der Waals surface area contributed by atoms with Crippen molar-refractivity contribution in [2.24, 2.45) is 0 Å². The van der Waals surface area contributed by atoms with Gasteiger partial charge in [0.05, 0.1) is 33.2 Å². The van der Waals surface area contributed by atoms with Gasteiger partial charge in [0.2, 0.25) is 0 Å². The first-order valence-electron chi connectivity index (χ1n) is 18.3. The summed E-state index contributed by atoms with van der Waals surface area (Å²) in [6.07, 6.45) is 1.83. The van der Waals surface area contributed by atoms with E-state index in [0.717, 1.165) is 22.6 Å². The van der Waals surface area contributed by atoms with Gasteiger partial charge < -0.3 is 0 Å². The van der Waals surface area contributed by atoms with Gasteiger partial charge >= 0.3 is 0 Å². The predicted molar refractivity (Wildman–Crippen MR) is 229 cm³/mol. The fraction of sp³-hybridized carbons (Fsp3) is 0.125. The molecule has 1 aliphatic rings. The van der Waals surface area contributed by atoms with E-state index in [1.807, 2.05) is 30.5 Å². The van der Waals surface area contributed by atoms with Crippen molar-refractivity contribution in [2.75, 3.05) is 0 Å². The smallest absolute Gasteiger partial charge is 0.0893 e. The molecule has 4 heteroatoms. The average Bonchev–Trinajstić information content (AvgIpc) is 3.48. The summed E-state index contributed by atoms with van der Waals surface area (Å²) >= 11 is 0. The SMILES string of the molecule is C[Si](C)(C)c1ccc(-c2c3c(c(-c4ccc([Si](C)(C)C)cc4)c4ccccc24)-c2ccc(-c4cccc(-c5ccccn5)n4)c4cccc-3c24)cc1. The largest absolute Gasteiger partial charge is 0.255 e. The molecule has 252 valence electrons. The molecule has 0 spiro atoms. The van der Waals surface area contributed by atoms with Crippen molar-refractivity contribution in [1.29, 1.82) is 0 Å². The maximum absolute atomic E-state index is 5.17. The first kappa shape index (κ1) is 32.5. The highest BCUT2D eigenvalue weighted by Crippen LogP contribution is 2.58. The maximum atomic E-state index is 5.17. The Morgan fingerprint density at radius 1 is 0.365 bits per heavy atom. The molecule has 2 heterocycles. The van der Waals surface area contributed by atoms with Crippen molar-refractivity contribution in [3.63, 3.8) is 0 Å². The van der Waals surface area contributed by atoms with Crippen molar-refractivity contribution >= 4 is 48.1 Å². The molecule has 0 N–H and O–H groups in total. The molecule has 52 heavy (non-hydrogen) atoms. The van der Waals surface area contributed by atoms with Crippen LogP contribution in [0, 0.1) is 0 Å². The first-order chi connectivity index (χ1) is 25.1. The molecule has 6 aromatic carbocycles. The Bertz CT molecular complexity index is 2550. The summed E-state index contributed by atoms with van der Waals surface area (Å²) in [5, 5.41) is 8.07. The van der Waals surface area contributed by atoms with Gasteiger partial charge in [0.25, 0.3) is 0 Å². The summed E-state index contributed by atoms with van der Waals surface area (Å²) in [7, 11) is -2.93. The zero-order chi connectivity index (χ0) is 35.8. The van der Waals surface area contributed by atoms with Crippen LogP contribution in [0.5, 0.6) is 0 Å². The Balaban J connectivity index is 1.35. The fourth-order valence-corrected chi connectivity index (χ4v) is 10.5. The van der Waals surface area contributed by atoms with Crippen molar-refractivity contribution in [3.05, 3.63) is 146 Å². The van der Waals surface area contributed by atoms with Gasteiger partial charge in [0.15, 0.2) is 0 Å². The topological polar surface area (TPSA) is 25.8 Å². The van der Waals surface area contributed by atoms with E-state index >= 15 is 0 Å². The Kier molecular flexibility index (Phi) is 7.55. The van der Waals surface area contributed by atoms with Crippen molar-refractivity contribution in [3.8, 4) is 67.2 Å². The van der Waals surface area contributed by atoms with Gasteiger partial charge in [0.1, 0.15) is 0 Å². The van der Waals surface area contributed by atoms with Crippen LogP contribution in [0.25, 0.3) is 88.7 Å². The molecule has 0 fully saturated rings. The molecule has 0 amide bonds. The number of hydrogen-bond acceptors (Lipinski definition) is 2. The monoisotopic (exact) mass is 702 g/mol. The van der Waals surface area contributed by atoms with Crippen LogP contribution in [0.3, 0.4) is 0 Å². The van der Waals surface area contributed by atoms with Crippen LogP contribution in [0.4, 0.5) is 0 Å². The predicted octanol–water partition coefficient (Wildman–Crippen LogP) is 12.2.